The highest BCUT2D eigenvalue weighted by molar-refractivity contribution is 6.15. The number of hydrogen-bond acceptors (Lipinski definition) is 4. The minimum Gasteiger partial charge on any atom is -0.303 e. The van der Waals surface area contributed by atoms with Crippen LogP contribution in [0.4, 0.5) is 0 Å². The topological polar surface area (TPSA) is 69.1 Å². The second kappa shape index (κ2) is 4.89. The van der Waals surface area contributed by atoms with Crippen LogP contribution in [0.5, 0.6) is 0 Å². The lowest BCUT2D eigenvalue weighted by atomic mass is 10.0. The number of rotatable bonds is 1. The number of aliphatic imine (C=N–C) groups is 1. The molecule has 0 unspecified atom stereocenters. The number of aryl methyl sites for hydroxylation is 1. The van der Waals surface area contributed by atoms with E-state index in [1.807, 2.05) is 60.0 Å². The number of aromatic nitrogens is 3. The highest BCUT2D eigenvalue weighted by Gasteiger charge is 2.25. The fourth-order valence-corrected chi connectivity index (χ4v) is 2.83. The molecule has 3 aromatic rings. The Morgan fingerprint density at radius 2 is 1.68 bits per heavy atom. The molecule has 1 aliphatic rings. The number of hydrogen-bond donors (Lipinski definition) is 1. The number of fused-ring (bicyclic) bond motifs is 3. The van der Waals surface area contributed by atoms with Crippen LogP contribution in [0.15, 0.2) is 59.6 Å². The molecular formula is C17H15N5. The number of nitrogens with two attached hydrogens (primary N) is 1. The van der Waals surface area contributed by atoms with Gasteiger partial charge in [-0.25, -0.2) is 0 Å². The zero-order chi connectivity index (χ0) is 15.1. The van der Waals surface area contributed by atoms with Crippen molar-refractivity contribution in [3.8, 4) is 5.69 Å². The van der Waals surface area contributed by atoms with Gasteiger partial charge in [0.05, 0.1) is 11.4 Å². The first kappa shape index (κ1) is 12.9. The molecule has 0 saturated carbocycles. The Morgan fingerprint density at radius 1 is 0.955 bits per heavy atom. The highest BCUT2D eigenvalue weighted by Crippen LogP contribution is 2.28. The molecule has 108 valence electrons. The van der Waals surface area contributed by atoms with Crippen LogP contribution in [0.2, 0.25) is 0 Å². The van der Waals surface area contributed by atoms with Crippen LogP contribution in [-0.4, -0.2) is 20.5 Å². The van der Waals surface area contributed by atoms with Crippen LogP contribution in [0.3, 0.4) is 0 Å². The third kappa shape index (κ3) is 1.87. The van der Waals surface area contributed by atoms with Gasteiger partial charge in [0.15, 0.2) is 12.0 Å². The monoisotopic (exact) mass is 289 g/mol. The molecule has 5 heteroatoms. The van der Waals surface area contributed by atoms with Crippen LogP contribution < -0.4 is 5.73 Å². The lowest BCUT2D eigenvalue weighted by Gasteiger charge is -2.11. The maximum absolute atomic E-state index is 6.26. The van der Waals surface area contributed by atoms with Gasteiger partial charge >= 0.3 is 0 Å². The minimum atomic E-state index is -0.538. The van der Waals surface area contributed by atoms with Gasteiger partial charge in [-0.3, -0.25) is 9.56 Å². The molecule has 2 N–H and O–H groups in total. The van der Waals surface area contributed by atoms with E-state index in [1.54, 1.807) is 0 Å². The summed E-state index contributed by atoms with van der Waals surface area (Å²) in [6.45, 7) is 1.92. The molecule has 22 heavy (non-hydrogen) atoms. The largest absolute Gasteiger partial charge is 0.303 e. The van der Waals surface area contributed by atoms with Gasteiger partial charge in [0.2, 0.25) is 0 Å². The van der Waals surface area contributed by atoms with Gasteiger partial charge < -0.3 is 5.73 Å². The van der Waals surface area contributed by atoms with E-state index in [4.69, 9.17) is 10.7 Å². The second-order valence-corrected chi connectivity index (χ2v) is 5.25. The Morgan fingerprint density at radius 3 is 2.50 bits per heavy atom. The van der Waals surface area contributed by atoms with Gasteiger partial charge in [-0.2, -0.15) is 0 Å². The van der Waals surface area contributed by atoms with Crippen molar-refractivity contribution < 1.29 is 0 Å². The predicted molar refractivity (Wildman–Crippen MR) is 85.1 cm³/mol. The molecule has 0 fully saturated rings. The Balaban J connectivity index is 2.04. The summed E-state index contributed by atoms with van der Waals surface area (Å²) in [5, 5.41) is 8.36. The van der Waals surface area contributed by atoms with Crippen molar-refractivity contribution in [2.45, 2.75) is 13.1 Å². The fraction of sp³-hybridized carbons (Fsp3) is 0.118. The number of nitrogens with zero attached hydrogens (tertiary/aromatic N) is 4. The van der Waals surface area contributed by atoms with E-state index >= 15 is 0 Å². The summed E-state index contributed by atoms with van der Waals surface area (Å²) in [5.41, 5.74) is 10.2. The molecule has 5 nitrogen and oxygen atoms in total. The van der Waals surface area contributed by atoms with Crippen LogP contribution in [0, 0.1) is 6.92 Å². The van der Waals surface area contributed by atoms with Crippen molar-refractivity contribution in [3.63, 3.8) is 0 Å². The highest BCUT2D eigenvalue weighted by atomic mass is 15.3. The smallest absolute Gasteiger partial charge is 0.177 e. The normalized spacial score (nSPS) is 16.5. The summed E-state index contributed by atoms with van der Waals surface area (Å²) in [6, 6.07) is 18.2. The van der Waals surface area contributed by atoms with Gasteiger partial charge in [0.25, 0.3) is 0 Å². The first-order chi connectivity index (χ1) is 10.8. The Bertz CT molecular complexity index is 864. The van der Waals surface area contributed by atoms with Crippen LogP contribution in [0.25, 0.3) is 5.69 Å². The summed E-state index contributed by atoms with van der Waals surface area (Å²) >= 11 is 0. The molecule has 1 aliphatic heterocycles. The van der Waals surface area contributed by atoms with E-state index < -0.39 is 6.17 Å². The molecule has 1 atom stereocenters. The lowest BCUT2D eigenvalue weighted by Crippen LogP contribution is -2.13. The maximum Gasteiger partial charge on any atom is 0.177 e. The molecule has 2 heterocycles. The number of para-hydroxylation sites is 1. The van der Waals surface area contributed by atoms with E-state index in [2.05, 4.69) is 16.3 Å². The van der Waals surface area contributed by atoms with Crippen molar-refractivity contribution in [1.82, 2.24) is 14.8 Å². The zero-order valence-corrected chi connectivity index (χ0v) is 12.1. The summed E-state index contributed by atoms with van der Waals surface area (Å²) in [6.07, 6.45) is -0.538. The zero-order valence-electron chi connectivity index (χ0n) is 12.1. The molecule has 4 rings (SSSR count). The van der Waals surface area contributed by atoms with E-state index in [0.29, 0.717) is 5.82 Å². The molecule has 1 aromatic heterocycles. The van der Waals surface area contributed by atoms with Gasteiger partial charge in [-0.05, 0) is 13.0 Å². The van der Waals surface area contributed by atoms with Crippen molar-refractivity contribution in [1.29, 1.82) is 0 Å². The molecular weight excluding hydrogens is 274 g/mol. The Kier molecular flexibility index (Phi) is 2.87. The second-order valence-electron chi connectivity index (χ2n) is 5.25. The molecule has 0 spiro atoms. The average Bonchev–Trinajstić information content (AvgIpc) is 2.89. The van der Waals surface area contributed by atoms with Crippen LogP contribution in [-0.2, 0) is 0 Å². The third-order valence-electron chi connectivity index (χ3n) is 3.83. The third-order valence-corrected chi connectivity index (χ3v) is 3.83. The predicted octanol–water partition coefficient (Wildman–Crippen LogP) is 2.38. The quantitative estimate of drug-likeness (QED) is 0.747. The first-order valence-corrected chi connectivity index (χ1v) is 7.16. The molecule has 0 amide bonds. The van der Waals surface area contributed by atoms with Crippen molar-refractivity contribution in [2.75, 3.05) is 0 Å². The van der Waals surface area contributed by atoms with Gasteiger partial charge in [0.1, 0.15) is 5.82 Å². The Hall–Kier alpha value is -2.79. The van der Waals surface area contributed by atoms with Crippen molar-refractivity contribution in [3.05, 3.63) is 77.4 Å². The number of benzene rings is 2. The van der Waals surface area contributed by atoms with Crippen molar-refractivity contribution >= 4 is 5.71 Å². The maximum atomic E-state index is 6.26. The molecule has 0 saturated heterocycles. The van der Waals surface area contributed by atoms with E-state index in [1.165, 1.54) is 0 Å². The summed E-state index contributed by atoms with van der Waals surface area (Å²) in [5.74, 6) is 1.47. The van der Waals surface area contributed by atoms with Gasteiger partial charge in [-0.15, -0.1) is 10.2 Å². The van der Waals surface area contributed by atoms with E-state index in [0.717, 1.165) is 28.4 Å². The summed E-state index contributed by atoms with van der Waals surface area (Å²) in [7, 11) is 0. The van der Waals surface area contributed by atoms with Crippen LogP contribution >= 0.6 is 0 Å². The van der Waals surface area contributed by atoms with Crippen LogP contribution in [0.1, 0.15) is 28.9 Å². The standard InChI is InChI=1S/C17H15N5/c1-11-20-21-17-16(18)19-15(12-7-3-2-4-8-12)13-9-5-6-10-14(13)22(11)17/h2-10,16H,18H2,1H3/t16-/m1/s1. The fourth-order valence-electron chi connectivity index (χ4n) is 2.83. The minimum absolute atomic E-state index is 0.538. The lowest BCUT2D eigenvalue weighted by molar-refractivity contribution is 0.691. The SMILES string of the molecule is Cc1nnc2n1-c1ccccc1C(c1ccccc1)=N[C@H]2N. The Labute approximate surface area is 128 Å². The van der Waals surface area contributed by atoms with Gasteiger partial charge in [0, 0.05) is 11.1 Å². The van der Waals surface area contributed by atoms with E-state index in [9.17, 15) is 0 Å². The van der Waals surface area contributed by atoms with Gasteiger partial charge in [-0.1, -0.05) is 48.5 Å². The van der Waals surface area contributed by atoms with Crippen molar-refractivity contribution in [2.24, 2.45) is 10.7 Å². The van der Waals surface area contributed by atoms with E-state index in [-0.39, 0.29) is 0 Å². The summed E-state index contributed by atoms with van der Waals surface area (Å²) < 4.78 is 1.99. The average molecular weight is 289 g/mol. The molecule has 0 radical (unpaired) electrons. The molecule has 2 aromatic carbocycles. The molecule has 0 bridgehead atoms. The first-order valence-electron chi connectivity index (χ1n) is 7.16. The molecule has 0 aliphatic carbocycles. The summed E-state index contributed by atoms with van der Waals surface area (Å²) in [4.78, 5) is 4.71.